The predicted molar refractivity (Wildman–Crippen MR) is 104 cm³/mol. The monoisotopic (exact) mass is 375 g/mol. The first-order valence-electron chi connectivity index (χ1n) is 9.07. The molecule has 2 aliphatic rings. The van der Waals surface area contributed by atoms with E-state index in [-0.39, 0.29) is 30.5 Å². The van der Waals surface area contributed by atoms with Gasteiger partial charge in [-0.1, -0.05) is 11.8 Å². The fourth-order valence-electron chi connectivity index (χ4n) is 3.42. The number of benzene rings is 1. The maximum absolute atomic E-state index is 12.5. The Bertz CT molecular complexity index is 680. The number of hydrogen-bond donors (Lipinski definition) is 1. The summed E-state index contributed by atoms with van der Waals surface area (Å²) in [6.45, 7) is 4.95. The standard InChI is InChI=1S/C19H25N3O3S/c1-13-4-3-5-14(2)22(13)17(23)12-25-16-8-6-15(7-9-16)18(24)21-19-20-10-11-26-19/h6-9,13-14H,3-5,10-12H2,1-2H3,(H,20,21,24)/t13-,14-/m0/s1. The molecule has 2 amide bonds. The van der Waals surface area contributed by atoms with Crippen molar-refractivity contribution in [3.63, 3.8) is 0 Å². The van der Waals surface area contributed by atoms with Crippen molar-refractivity contribution >= 4 is 28.7 Å². The van der Waals surface area contributed by atoms with E-state index in [1.165, 1.54) is 6.42 Å². The second-order valence-corrected chi connectivity index (χ2v) is 7.82. The van der Waals surface area contributed by atoms with Gasteiger partial charge in [0.05, 0.1) is 6.54 Å². The van der Waals surface area contributed by atoms with Gasteiger partial charge >= 0.3 is 0 Å². The summed E-state index contributed by atoms with van der Waals surface area (Å²) in [5.74, 6) is 1.32. The van der Waals surface area contributed by atoms with Crippen molar-refractivity contribution in [2.75, 3.05) is 18.9 Å². The van der Waals surface area contributed by atoms with Gasteiger partial charge in [0.25, 0.3) is 11.8 Å². The molecule has 1 aromatic carbocycles. The number of carbonyl (C=O) groups is 2. The number of nitrogens with one attached hydrogen (secondary N) is 1. The Morgan fingerprint density at radius 2 is 1.92 bits per heavy atom. The molecule has 1 saturated heterocycles. The summed E-state index contributed by atoms with van der Waals surface area (Å²) in [4.78, 5) is 30.8. The molecule has 26 heavy (non-hydrogen) atoms. The van der Waals surface area contributed by atoms with E-state index in [0.717, 1.165) is 25.1 Å². The second kappa shape index (κ2) is 8.58. The Hall–Kier alpha value is -2.02. The van der Waals surface area contributed by atoms with E-state index in [9.17, 15) is 9.59 Å². The van der Waals surface area contributed by atoms with Crippen molar-refractivity contribution in [1.82, 2.24) is 10.2 Å². The molecule has 0 radical (unpaired) electrons. The third-order valence-electron chi connectivity index (χ3n) is 4.77. The lowest BCUT2D eigenvalue weighted by Gasteiger charge is -2.38. The van der Waals surface area contributed by atoms with Gasteiger partial charge < -0.3 is 15.0 Å². The van der Waals surface area contributed by atoms with Crippen molar-refractivity contribution in [3.05, 3.63) is 29.8 Å². The van der Waals surface area contributed by atoms with Crippen LogP contribution in [0.2, 0.25) is 0 Å². The number of carbonyl (C=O) groups excluding carboxylic acids is 2. The highest BCUT2D eigenvalue weighted by molar-refractivity contribution is 8.14. The minimum Gasteiger partial charge on any atom is -0.484 e. The van der Waals surface area contributed by atoms with Crippen LogP contribution in [0.3, 0.4) is 0 Å². The second-order valence-electron chi connectivity index (χ2n) is 6.73. The Balaban J connectivity index is 1.52. The number of amidine groups is 1. The van der Waals surface area contributed by atoms with E-state index in [0.29, 0.717) is 16.5 Å². The Morgan fingerprint density at radius 3 is 2.54 bits per heavy atom. The van der Waals surface area contributed by atoms with E-state index in [1.807, 2.05) is 4.90 Å². The molecule has 0 bridgehead atoms. The van der Waals surface area contributed by atoms with E-state index < -0.39 is 0 Å². The maximum atomic E-state index is 12.5. The highest BCUT2D eigenvalue weighted by Gasteiger charge is 2.28. The van der Waals surface area contributed by atoms with Crippen LogP contribution in [-0.2, 0) is 4.79 Å². The molecule has 1 aromatic rings. The van der Waals surface area contributed by atoms with Crippen LogP contribution in [0.4, 0.5) is 0 Å². The number of nitrogens with zero attached hydrogens (tertiary/aromatic N) is 2. The number of aliphatic imine (C=N–C) groups is 1. The lowest BCUT2D eigenvalue weighted by molar-refractivity contribution is -0.139. The smallest absolute Gasteiger partial charge is 0.260 e. The summed E-state index contributed by atoms with van der Waals surface area (Å²) in [5.41, 5.74) is 0.539. The van der Waals surface area contributed by atoms with Crippen LogP contribution in [0.25, 0.3) is 0 Å². The van der Waals surface area contributed by atoms with E-state index >= 15 is 0 Å². The molecular weight excluding hydrogens is 350 g/mol. The summed E-state index contributed by atoms with van der Waals surface area (Å²) < 4.78 is 5.64. The molecule has 7 heteroatoms. The number of hydrogen-bond acceptors (Lipinski definition) is 5. The highest BCUT2D eigenvalue weighted by atomic mass is 32.2. The van der Waals surface area contributed by atoms with Crippen LogP contribution in [0.15, 0.2) is 29.3 Å². The van der Waals surface area contributed by atoms with Crippen molar-refractivity contribution in [1.29, 1.82) is 0 Å². The third-order valence-corrected chi connectivity index (χ3v) is 5.66. The van der Waals surface area contributed by atoms with Crippen LogP contribution in [0.1, 0.15) is 43.5 Å². The number of amides is 2. The van der Waals surface area contributed by atoms with E-state index in [2.05, 4.69) is 24.2 Å². The Labute approximate surface area is 158 Å². The minimum atomic E-state index is -0.184. The first-order valence-corrected chi connectivity index (χ1v) is 10.1. The molecule has 2 aliphatic heterocycles. The minimum absolute atomic E-state index is 0.0165. The van der Waals surface area contributed by atoms with Gasteiger partial charge in [0.2, 0.25) is 0 Å². The van der Waals surface area contributed by atoms with Crippen LogP contribution < -0.4 is 10.1 Å². The van der Waals surface area contributed by atoms with Crippen molar-refractivity contribution < 1.29 is 14.3 Å². The van der Waals surface area contributed by atoms with E-state index in [1.54, 1.807) is 36.0 Å². The number of piperidine rings is 1. The summed E-state index contributed by atoms with van der Waals surface area (Å²) in [6.07, 6.45) is 3.26. The topological polar surface area (TPSA) is 71.0 Å². The van der Waals surface area contributed by atoms with Crippen molar-refractivity contribution in [2.24, 2.45) is 4.99 Å². The van der Waals surface area contributed by atoms with Crippen LogP contribution in [-0.4, -0.2) is 52.9 Å². The number of rotatable bonds is 4. The largest absolute Gasteiger partial charge is 0.484 e. The van der Waals surface area contributed by atoms with Gasteiger partial charge in [-0.3, -0.25) is 14.6 Å². The summed E-state index contributed by atoms with van der Waals surface area (Å²) >= 11 is 1.54. The molecule has 0 saturated carbocycles. The molecule has 1 N–H and O–H groups in total. The van der Waals surface area contributed by atoms with Gasteiger partial charge in [0, 0.05) is 23.4 Å². The lowest BCUT2D eigenvalue weighted by atomic mass is 9.97. The average Bonchev–Trinajstić information content (AvgIpc) is 3.13. The van der Waals surface area contributed by atoms with Gasteiger partial charge in [0.1, 0.15) is 5.75 Å². The SMILES string of the molecule is C[C@H]1CCC[C@H](C)N1C(=O)COc1ccc(C(=O)NC2=NCCS2)cc1. The highest BCUT2D eigenvalue weighted by Crippen LogP contribution is 2.23. The molecule has 140 valence electrons. The Morgan fingerprint density at radius 1 is 1.23 bits per heavy atom. The summed E-state index contributed by atoms with van der Waals surface area (Å²) in [6, 6.07) is 7.35. The number of likely N-dealkylation sites (tertiary alicyclic amines) is 1. The maximum Gasteiger partial charge on any atom is 0.260 e. The van der Waals surface area contributed by atoms with Gasteiger partial charge in [-0.05, 0) is 57.4 Å². The molecule has 0 unspecified atom stereocenters. The van der Waals surface area contributed by atoms with Gasteiger partial charge in [-0.2, -0.15) is 0 Å². The van der Waals surface area contributed by atoms with Crippen LogP contribution in [0, 0.1) is 0 Å². The molecule has 0 spiro atoms. The molecule has 6 nitrogen and oxygen atoms in total. The fourth-order valence-corrected chi connectivity index (χ4v) is 4.14. The molecule has 0 aliphatic carbocycles. The van der Waals surface area contributed by atoms with Crippen LogP contribution in [0.5, 0.6) is 5.75 Å². The average molecular weight is 375 g/mol. The summed E-state index contributed by atoms with van der Waals surface area (Å²) in [5, 5.41) is 3.46. The molecule has 3 rings (SSSR count). The number of thioether (sulfide) groups is 1. The molecule has 1 fully saturated rings. The van der Waals surface area contributed by atoms with Crippen molar-refractivity contribution in [2.45, 2.75) is 45.2 Å². The normalized spacial score (nSPS) is 22.7. The van der Waals surface area contributed by atoms with Crippen LogP contribution >= 0.6 is 11.8 Å². The first kappa shape index (κ1) is 18.8. The zero-order valence-electron chi connectivity index (χ0n) is 15.2. The van der Waals surface area contributed by atoms with Gasteiger partial charge in [-0.15, -0.1) is 0 Å². The quantitative estimate of drug-likeness (QED) is 0.878. The molecule has 2 atom stereocenters. The number of ether oxygens (including phenoxy) is 1. The fraction of sp³-hybridized carbons (Fsp3) is 0.526. The van der Waals surface area contributed by atoms with Gasteiger partial charge in [-0.25, -0.2) is 0 Å². The van der Waals surface area contributed by atoms with E-state index in [4.69, 9.17) is 4.74 Å². The molecule has 0 aromatic heterocycles. The Kier molecular flexibility index (Phi) is 6.19. The van der Waals surface area contributed by atoms with Crippen molar-refractivity contribution in [3.8, 4) is 5.75 Å². The zero-order valence-corrected chi connectivity index (χ0v) is 16.1. The molecular formula is C19H25N3O3S. The summed E-state index contributed by atoms with van der Waals surface area (Å²) in [7, 11) is 0. The molecule has 2 heterocycles. The lowest BCUT2D eigenvalue weighted by Crippen LogP contribution is -2.49. The van der Waals surface area contributed by atoms with Gasteiger partial charge in [0.15, 0.2) is 11.8 Å². The first-order chi connectivity index (χ1) is 12.5. The zero-order chi connectivity index (χ0) is 18.5. The third kappa shape index (κ3) is 4.58. The predicted octanol–water partition coefficient (Wildman–Crippen LogP) is 2.69.